The van der Waals surface area contributed by atoms with Crippen LogP contribution in [-0.4, -0.2) is 65.8 Å². The minimum atomic E-state index is -0.832. The van der Waals surface area contributed by atoms with Gasteiger partial charge in [0.25, 0.3) is 0 Å². The van der Waals surface area contributed by atoms with E-state index < -0.39 is 5.97 Å². The van der Waals surface area contributed by atoms with Gasteiger partial charge in [0, 0.05) is 26.6 Å². The molecule has 4 aromatic heterocycles. The molecule has 0 bridgehead atoms. The summed E-state index contributed by atoms with van der Waals surface area (Å²) in [4.78, 5) is 43.4. The number of thioether (sulfide) groups is 2. The van der Waals surface area contributed by atoms with Gasteiger partial charge in [-0.15, -0.1) is 22.7 Å². The summed E-state index contributed by atoms with van der Waals surface area (Å²) >= 11 is 5.92. The Morgan fingerprint density at radius 1 is 0.821 bits per heavy atom. The molecular formula is C26H34N4O5S4. The second-order valence-corrected chi connectivity index (χ2v) is 13.2. The molecule has 0 atom stereocenters. The Balaban J connectivity index is 0.000000243. The van der Waals surface area contributed by atoms with E-state index in [1.807, 2.05) is 27.7 Å². The molecule has 0 saturated heterocycles. The predicted octanol–water partition coefficient (Wildman–Crippen LogP) is 6.22. The van der Waals surface area contributed by atoms with Crippen molar-refractivity contribution in [1.29, 1.82) is 0 Å². The number of ether oxygens (including phenoxy) is 1. The summed E-state index contributed by atoms with van der Waals surface area (Å²) in [6.45, 7) is 15.3. The van der Waals surface area contributed by atoms with Crippen molar-refractivity contribution < 1.29 is 24.5 Å². The lowest BCUT2D eigenvalue weighted by Crippen LogP contribution is -2.13. The van der Waals surface area contributed by atoms with Crippen LogP contribution in [0.15, 0.2) is 22.7 Å². The number of aliphatic hydroxyl groups excluding tert-OH is 1. The Morgan fingerprint density at radius 2 is 1.23 bits per heavy atom. The molecule has 0 radical (unpaired) electrons. The maximum Gasteiger partial charge on any atom is 0.316 e. The highest BCUT2D eigenvalue weighted by molar-refractivity contribution is 8.00. The van der Waals surface area contributed by atoms with Crippen molar-refractivity contribution in [1.82, 2.24) is 19.9 Å². The number of aliphatic carboxylic acids is 1. The average molecular weight is 611 g/mol. The number of aromatic nitrogens is 4. The molecule has 0 aliphatic rings. The van der Waals surface area contributed by atoms with Crippen molar-refractivity contribution in [3.05, 3.63) is 33.5 Å². The molecule has 0 amide bonds. The summed E-state index contributed by atoms with van der Waals surface area (Å²) < 4.78 is 5.12. The second kappa shape index (κ2) is 15.5. The predicted molar refractivity (Wildman–Crippen MR) is 161 cm³/mol. The first-order valence-corrected chi connectivity index (χ1v) is 15.7. The first kappa shape index (κ1) is 32.9. The quantitative estimate of drug-likeness (QED) is 0.140. The number of nitrogens with zero attached hydrogens (tertiary/aromatic N) is 4. The van der Waals surface area contributed by atoms with Crippen molar-refractivity contribution in [2.24, 2.45) is 0 Å². The standard InChI is InChI=1S/C13H16N2O2S2.C10H10N2O2S2.C3H8O/c1-7(2)17-10(16)5-18-12-11-8(3)9(4)19-13(11)15-6-14-12;1-5-6(2)16-10-8(5)9(11-4-12-10)15-3-7(13)14;1-3(2)4/h6-7H,5H2,1-4H3;4H,3H2,1-2H3,(H,13,14);3-4H,1-2H3. The Kier molecular flexibility index (Phi) is 13.0. The van der Waals surface area contributed by atoms with Crippen LogP contribution in [0.1, 0.15) is 48.6 Å². The minimum absolute atomic E-state index is 0.0282. The van der Waals surface area contributed by atoms with Crippen LogP contribution < -0.4 is 0 Å². The maximum absolute atomic E-state index is 11.6. The monoisotopic (exact) mass is 610 g/mol. The number of aliphatic hydroxyl groups is 1. The van der Waals surface area contributed by atoms with E-state index in [0.717, 1.165) is 36.0 Å². The first-order valence-electron chi connectivity index (χ1n) is 12.1. The number of fused-ring (bicyclic) bond motifs is 2. The summed E-state index contributed by atoms with van der Waals surface area (Å²) in [6.07, 6.45) is 2.79. The van der Waals surface area contributed by atoms with Crippen molar-refractivity contribution in [2.45, 2.75) is 77.6 Å². The van der Waals surface area contributed by atoms with Crippen LogP contribution in [-0.2, 0) is 14.3 Å². The molecule has 39 heavy (non-hydrogen) atoms. The van der Waals surface area contributed by atoms with Crippen molar-refractivity contribution in [3.8, 4) is 0 Å². The van der Waals surface area contributed by atoms with Crippen LogP contribution in [0.5, 0.6) is 0 Å². The van der Waals surface area contributed by atoms with Crippen molar-refractivity contribution in [3.63, 3.8) is 0 Å². The number of hydrogen-bond acceptors (Lipinski definition) is 12. The number of carboxylic acid groups (broad SMARTS) is 1. The Bertz CT molecular complexity index is 1420. The van der Waals surface area contributed by atoms with E-state index in [1.165, 1.54) is 45.2 Å². The van der Waals surface area contributed by atoms with E-state index in [1.54, 1.807) is 42.8 Å². The van der Waals surface area contributed by atoms with Crippen molar-refractivity contribution >= 4 is 78.6 Å². The molecule has 0 fully saturated rings. The number of esters is 1. The van der Waals surface area contributed by atoms with Crippen molar-refractivity contribution in [2.75, 3.05) is 11.5 Å². The second-order valence-electron chi connectivity index (χ2n) is 8.89. The summed E-state index contributed by atoms with van der Waals surface area (Å²) in [6, 6.07) is 0. The Labute approximate surface area is 244 Å². The number of carbonyl (C=O) groups excluding carboxylic acids is 1. The normalized spacial score (nSPS) is 10.8. The smallest absolute Gasteiger partial charge is 0.316 e. The molecule has 0 spiro atoms. The third kappa shape index (κ3) is 9.98. The fraction of sp³-hybridized carbons (Fsp3) is 0.462. The molecule has 9 nitrogen and oxygen atoms in total. The molecule has 212 valence electrons. The zero-order valence-corrected chi connectivity index (χ0v) is 26.5. The highest BCUT2D eigenvalue weighted by atomic mass is 32.2. The molecule has 4 rings (SSSR count). The number of hydrogen-bond donors (Lipinski definition) is 2. The third-order valence-corrected chi connectivity index (χ3v) is 9.06. The first-order chi connectivity index (χ1) is 18.3. The lowest BCUT2D eigenvalue weighted by molar-refractivity contribution is -0.144. The number of carboxylic acids is 1. The number of aryl methyl sites for hydroxylation is 4. The van der Waals surface area contributed by atoms with Gasteiger partial charge in [0.15, 0.2) is 0 Å². The van der Waals surface area contributed by atoms with Gasteiger partial charge in [-0.2, -0.15) is 0 Å². The van der Waals surface area contributed by atoms with Gasteiger partial charge >= 0.3 is 11.9 Å². The zero-order valence-electron chi connectivity index (χ0n) is 23.3. The summed E-state index contributed by atoms with van der Waals surface area (Å²) in [5.41, 5.74) is 2.34. The average Bonchev–Trinajstić information content (AvgIpc) is 3.30. The fourth-order valence-corrected chi connectivity index (χ4v) is 6.81. The van der Waals surface area contributed by atoms with Crippen LogP contribution in [0.3, 0.4) is 0 Å². The molecule has 0 aromatic carbocycles. The van der Waals surface area contributed by atoms with E-state index in [4.69, 9.17) is 14.9 Å². The van der Waals surface area contributed by atoms with Gasteiger partial charge in [-0.05, 0) is 66.5 Å². The number of rotatable bonds is 7. The molecule has 2 N–H and O–H groups in total. The largest absolute Gasteiger partial charge is 0.481 e. The highest BCUT2D eigenvalue weighted by Crippen LogP contribution is 2.35. The van der Waals surface area contributed by atoms with E-state index in [2.05, 4.69) is 33.8 Å². The number of carbonyl (C=O) groups is 2. The Morgan fingerprint density at radius 3 is 1.62 bits per heavy atom. The topological polar surface area (TPSA) is 135 Å². The van der Waals surface area contributed by atoms with Gasteiger partial charge in [0.2, 0.25) is 0 Å². The van der Waals surface area contributed by atoms with Crippen LogP contribution in [0.4, 0.5) is 0 Å². The third-order valence-electron chi connectivity index (χ3n) is 4.89. The van der Waals surface area contributed by atoms with Crippen LogP contribution in [0, 0.1) is 27.7 Å². The van der Waals surface area contributed by atoms with Gasteiger partial charge in [-0.25, -0.2) is 19.9 Å². The zero-order chi connectivity index (χ0) is 29.3. The van der Waals surface area contributed by atoms with Crippen LogP contribution in [0.2, 0.25) is 0 Å². The van der Waals surface area contributed by atoms with E-state index in [-0.39, 0.29) is 29.7 Å². The van der Waals surface area contributed by atoms with Gasteiger partial charge in [-0.3, -0.25) is 9.59 Å². The van der Waals surface area contributed by atoms with Gasteiger partial charge < -0.3 is 14.9 Å². The van der Waals surface area contributed by atoms with Gasteiger partial charge in [0.05, 0.1) is 17.6 Å². The lowest BCUT2D eigenvalue weighted by atomic mass is 10.2. The molecular weight excluding hydrogens is 577 g/mol. The minimum Gasteiger partial charge on any atom is -0.481 e. The number of thiophene rings is 2. The van der Waals surface area contributed by atoms with Crippen LogP contribution >= 0.6 is 46.2 Å². The van der Waals surface area contributed by atoms with E-state index in [0.29, 0.717) is 0 Å². The fourth-order valence-electron chi connectivity index (χ4n) is 3.07. The molecule has 13 heteroatoms. The molecule has 0 aliphatic carbocycles. The summed E-state index contributed by atoms with van der Waals surface area (Å²) in [5, 5.41) is 20.4. The SMILES string of the molecule is CC(C)O.Cc1sc2ncnc(SCC(=O)O)c2c1C.Cc1sc2ncnc(SCC(=O)OC(C)C)c2c1C. The van der Waals surface area contributed by atoms with E-state index >= 15 is 0 Å². The molecule has 0 unspecified atom stereocenters. The summed E-state index contributed by atoms with van der Waals surface area (Å²) in [7, 11) is 0. The Hall–Kier alpha value is -2.32. The molecule has 0 saturated carbocycles. The van der Waals surface area contributed by atoms with Gasteiger partial charge in [-0.1, -0.05) is 23.5 Å². The highest BCUT2D eigenvalue weighted by Gasteiger charge is 2.15. The van der Waals surface area contributed by atoms with E-state index in [9.17, 15) is 9.59 Å². The van der Waals surface area contributed by atoms with Gasteiger partial charge in [0.1, 0.15) is 32.4 Å². The lowest BCUT2D eigenvalue weighted by Gasteiger charge is -2.07. The maximum atomic E-state index is 11.6. The molecule has 4 heterocycles. The molecule has 0 aliphatic heterocycles. The molecule has 4 aromatic rings. The van der Waals surface area contributed by atoms with Crippen LogP contribution in [0.25, 0.3) is 20.4 Å². The summed E-state index contributed by atoms with van der Waals surface area (Å²) in [5.74, 6) is -0.739.